The van der Waals surface area contributed by atoms with Gasteiger partial charge in [-0.05, 0) is 66.6 Å². The third kappa shape index (κ3) is 3.64. The van der Waals surface area contributed by atoms with Gasteiger partial charge in [0, 0.05) is 47.3 Å². The Morgan fingerprint density at radius 3 is 2.56 bits per heavy atom. The fourth-order valence-corrected chi connectivity index (χ4v) is 4.16. The van der Waals surface area contributed by atoms with Crippen LogP contribution < -0.4 is 5.32 Å². The Morgan fingerprint density at radius 2 is 1.72 bits per heavy atom. The van der Waals surface area contributed by atoms with Gasteiger partial charge in [0.2, 0.25) is 0 Å². The Labute approximate surface area is 183 Å². The van der Waals surface area contributed by atoms with Gasteiger partial charge in [0.15, 0.2) is 0 Å². The lowest BCUT2D eigenvalue weighted by Gasteiger charge is -2.12. The maximum Gasteiger partial charge on any atom is 0.272 e. The first-order valence-electron chi connectivity index (χ1n) is 10.4. The highest BCUT2D eigenvalue weighted by atomic mass is 19.1. The molecule has 2 aromatic heterocycles. The van der Waals surface area contributed by atoms with E-state index in [2.05, 4.69) is 5.32 Å². The number of aromatic nitrogens is 2. The quantitative estimate of drug-likeness (QED) is 0.371. The number of halogens is 2. The van der Waals surface area contributed by atoms with E-state index in [4.69, 9.17) is 0 Å². The van der Waals surface area contributed by atoms with Crippen LogP contribution in [0.15, 0.2) is 79.0 Å². The molecule has 0 radical (unpaired) electrons. The molecule has 0 spiro atoms. The molecule has 4 nitrogen and oxygen atoms in total. The molecular weight excluding hydrogens is 408 g/mol. The summed E-state index contributed by atoms with van der Waals surface area (Å²) in [4.78, 5) is 13.2. The summed E-state index contributed by atoms with van der Waals surface area (Å²) < 4.78 is 31.8. The van der Waals surface area contributed by atoms with Crippen molar-refractivity contribution in [3.05, 3.63) is 102 Å². The Kier molecular flexibility index (Phi) is 4.98. The summed E-state index contributed by atoms with van der Waals surface area (Å²) in [5, 5.41) is 4.60. The fraction of sp³-hybridized carbons (Fsp3) is 0.115. The molecule has 0 bridgehead atoms. The van der Waals surface area contributed by atoms with Gasteiger partial charge in [-0.25, -0.2) is 8.78 Å². The van der Waals surface area contributed by atoms with E-state index in [-0.39, 0.29) is 17.5 Å². The summed E-state index contributed by atoms with van der Waals surface area (Å²) in [5.74, 6) is -0.951. The molecule has 0 saturated heterocycles. The van der Waals surface area contributed by atoms with Crippen LogP contribution in [-0.4, -0.2) is 15.0 Å². The monoisotopic (exact) mass is 429 g/mol. The molecule has 5 aromatic rings. The minimum absolute atomic E-state index is 0.280. The second kappa shape index (κ2) is 7.96. The molecule has 0 saturated carbocycles. The molecule has 160 valence electrons. The molecule has 2 heterocycles. The Morgan fingerprint density at radius 1 is 0.906 bits per heavy atom. The number of amides is 1. The van der Waals surface area contributed by atoms with Gasteiger partial charge in [-0.15, -0.1) is 0 Å². The number of carbonyl (C=O) groups excluding carboxylic acids is 1. The number of fused-ring (bicyclic) bond motifs is 2. The molecule has 3 aromatic carbocycles. The topological polar surface area (TPSA) is 39.0 Å². The van der Waals surface area contributed by atoms with Gasteiger partial charge in [-0.2, -0.15) is 0 Å². The van der Waals surface area contributed by atoms with E-state index in [0.717, 1.165) is 16.4 Å². The van der Waals surface area contributed by atoms with Gasteiger partial charge in [0.1, 0.15) is 17.3 Å². The Hall–Kier alpha value is -3.93. The molecule has 0 atom stereocenters. The van der Waals surface area contributed by atoms with Gasteiger partial charge < -0.3 is 14.5 Å². The van der Waals surface area contributed by atoms with Crippen LogP contribution in [0.4, 0.5) is 14.5 Å². The predicted octanol–water partition coefficient (Wildman–Crippen LogP) is 5.91. The molecule has 32 heavy (non-hydrogen) atoms. The standard InChI is InChI=1S/C26H21F2N3O/c1-30-12-10-18-15-21(7-9-23(18)30)29-26(32)25-16-19-14-20(27)6-8-24(19)31(25)13-11-17-4-2-3-5-22(17)28/h2-10,12,14-16H,11,13H2,1H3,(H,29,32). The highest BCUT2D eigenvalue weighted by molar-refractivity contribution is 6.07. The summed E-state index contributed by atoms with van der Waals surface area (Å²) in [6.07, 6.45) is 2.37. The molecule has 0 unspecified atom stereocenters. The van der Waals surface area contributed by atoms with Crippen LogP contribution in [0.1, 0.15) is 16.1 Å². The van der Waals surface area contributed by atoms with Gasteiger partial charge in [-0.1, -0.05) is 18.2 Å². The molecule has 6 heteroatoms. The molecule has 0 aliphatic carbocycles. The highest BCUT2D eigenvalue weighted by Gasteiger charge is 2.17. The molecular formula is C26H21F2N3O. The molecule has 1 amide bonds. The van der Waals surface area contributed by atoms with E-state index in [1.54, 1.807) is 30.3 Å². The van der Waals surface area contributed by atoms with Gasteiger partial charge >= 0.3 is 0 Å². The van der Waals surface area contributed by atoms with Crippen molar-refractivity contribution in [3.8, 4) is 0 Å². The smallest absolute Gasteiger partial charge is 0.272 e. The third-order valence-corrected chi connectivity index (χ3v) is 5.80. The van der Waals surface area contributed by atoms with Crippen molar-refractivity contribution in [3.63, 3.8) is 0 Å². The van der Waals surface area contributed by atoms with E-state index < -0.39 is 0 Å². The lowest BCUT2D eigenvalue weighted by Crippen LogP contribution is -2.18. The van der Waals surface area contributed by atoms with Crippen LogP contribution >= 0.6 is 0 Å². The Bertz CT molecular complexity index is 1470. The first-order valence-corrected chi connectivity index (χ1v) is 10.4. The zero-order valence-corrected chi connectivity index (χ0v) is 17.5. The largest absolute Gasteiger partial charge is 0.351 e. The van der Waals surface area contributed by atoms with Crippen molar-refractivity contribution in [2.24, 2.45) is 7.05 Å². The van der Waals surface area contributed by atoms with Crippen molar-refractivity contribution < 1.29 is 13.6 Å². The lowest BCUT2D eigenvalue weighted by molar-refractivity contribution is 0.101. The number of nitrogens with one attached hydrogen (secondary N) is 1. The van der Waals surface area contributed by atoms with Crippen LogP contribution in [0, 0.1) is 11.6 Å². The van der Waals surface area contributed by atoms with Crippen molar-refractivity contribution in [1.29, 1.82) is 0 Å². The zero-order chi connectivity index (χ0) is 22.2. The van der Waals surface area contributed by atoms with E-state index in [1.807, 2.05) is 46.6 Å². The van der Waals surface area contributed by atoms with E-state index in [0.29, 0.717) is 35.3 Å². The van der Waals surface area contributed by atoms with Crippen molar-refractivity contribution in [1.82, 2.24) is 9.13 Å². The van der Waals surface area contributed by atoms with Crippen LogP contribution in [0.2, 0.25) is 0 Å². The van der Waals surface area contributed by atoms with E-state index in [9.17, 15) is 13.6 Å². The van der Waals surface area contributed by atoms with Crippen LogP contribution in [0.25, 0.3) is 21.8 Å². The number of benzene rings is 3. The van der Waals surface area contributed by atoms with E-state index >= 15 is 0 Å². The summed E-state index contributed by atoms with van der Waals surface area (Å²) in [6, 6.07) is 20.4. The summed E-state index contributed by atoms with van der Waals surface area (Å²) in [7, 11) is 1.97. The highest BCUT2D eigenvalue weighted by Crippen LogP contribution is 2.25. The summed E-state index contributed by atoms with van der Waals surface area (Å²) >= 11 is 0. The predicted molar refractivity (Wildman–Crippen MR) is 123 cm³/mol. The number of hydrogen-bond donors (Lipinski definition) is 1. The normalized spacial score (nSPS) is 11.3. The first kappa shape index (κ1) is 20.0. The lowest BCUT2D eigenvalue weighted by atomic mass is 10.1. The number of carbonyl (C=O) groups is 1. The number of anilines is 1. The van der Waals surface area contributed by atoms with Gasteiger partial charge in [0.05, 0.1) is 0 Å². The molecule has 0 fully saturated rings. The SMILES string of the molecule is Cn1ccc2cc(NC(=O)c3cc4cc(F)ccc4n3CCc3ccccc3F)ccc21. The van der Waals surface area contributed by atoms with Crippen molar-refractivity contribution in [2.45, 2.75) is 13.0 Å². The van der Waals surface area contributed by atoms with Crippen LogP contribution in [-0.2, 0) is 20.0 Å². The number of aryl methyl sites for hydroxylation is 3. The number of rotatable bonds is 5. The number of nitrogens with zero attached hydrogens (tertiary/aromatic N) is 2. The van der Waals surface area contributed by atoms with Gasteiger partial charge in [-0.3, -0.25) is 4.79 Å². The molecule has 0 aliphatic heterocycles. The van der Waals surface area contributed by atoms with Gasteiger partial charge in [0.25, 0.3) is 5.91 Å². The Balaban J connectivity index is 1.49. The zero-order valence-electron chi connectivity index (χ0n) is 17.5. The number of hydrogen-bond acceptors (Lipinski definition) is 1. The average Bonchev–Trinajstić information content (AvgIpc) is 3.33. The molecule has 5 rings (SSSR count). The second-order valence-electron chi connectivity index (χ2n) is 7.88. The first-order chi connectivity index (χ1) is 15.5. The maximum atomic E-state index is 14.1. The molecule has 0 aliphatic rings. The van der Waals surface area contributed by atoms with E-state index in [1.165, 1.54) is 18.2 Å². The van der Waals surface area contributed by atoms with Crippen LogP contribution in [0.5, 0.6) is 0 Å². The van der Waals surface area contributed by atoms with Crippen molar-refractivity contribution >= 4 is 33.4 Å². The second-order valence-corrected chi connectivity index (χ2v) is 7.88. The van der Waals surface area contributed by atoms with Crippen molar-refractivity contribution in [2.75, 3.05) is 5.32 Å². The third-order valence-electron chi connectivity index (χ3n) is 5.80. The maximum absolute atomic E-state index is 14.1. The fourth-order valence-electron chi connectivity index (χ4n) is 4.16. The van der Waals surface area contributed by atoms with Crippen LogP contribution in [0.3, 0.4) is 0 Å². The molecule has 1 N–H and O–H groups in total. The summed E-state index contributed by atoms with van der Waals surface area (Å²) in [6.45, 7) is 0.385. The average molecular weight is 429 g/mol. The minimum atomic E-state index is -0.370. The summed E-state index contributed by atoms with van der Waals surface area (Å²) in [5.41, 5.74) is 3.43. The minimum Gasteiger partial charge on any atom is -0.351 e.